The third-order valence-electron chi connectivity index (χ3n) is 1.86. The van der Waals surface area contributed by atoms with E-state index in [0.717, 1.165) is 6.54 Å². The van der Waals surface area contributed by atoms with Crippen molar-refractivity contribution in [3.05, 3.63) is 36.1 Å². The van der Waals surface area contributed by atoms with Crippen LogP contribution in [0, 0.1) is 0 Å². The molecule has 1 nitrogen and oxygen atoms in total. The highest BCUT2D eigenvalue weighted by Gasteiger charge is 2.05. The minimum Gasteiger partial charge on any atom is -0.385 e. The Hall–Kier alpha value is -0.980. The maximum absolute atomic E-state index is 3.76. The van der Waals surface area contributed by atoms with Gasteiger partial charge in [0, 0.05) is 12.2 Å². The van der Waals surface area contributed by atoms with Crippen LogP contribution < -0.4 is 5.32 Å². The molecule has 0 saturated heterocycles. The Labute approximate surface area is 88.6 Å². The predicted molar refractivity (Wildman–Crippen MR) is 65.2 cm³/mol. The summed E-state index contributed by atoms with van der Waals surface area (Å²) in [6.07, 6.45) is 9.79. The van der Waals surface area contributed by atoms with Crippen LogP contribution in [-0.4, -0.2) is 6.54 Å². The summed E-state index contributed by atoms with van der Waals surface area (Å²) in [5, 5.41) is 3.31. The average molecular weight is 193 g/mol. The van der Waals surface area contributed by atoms with Crippen LogP contribution in [0.25, 0.3) is 0 Å². The fraction of sp³-hybridized carbons (Fsp3) is 0.538. The molecule has 0 saturated carbocycles. The highest BCUT2D eigenvalue weighted by Crippen LogP contribution is 2.15. The molecule has 1 aliphatic rings. The van der Waals surface area contributed by atoms with Gasteiger partial charge in [-0.05, 0) is 31.4 Å². The molecule has 0 aliphatic carbocycles. The summed E-state index contributed by atoms with van der Waals surface area (Å²) in [6.45, 7) is 11.1. The number of rotatable bonds is 2. The normalized spacial score (nSPS) is 15.9. The average Bonchev–Trinajstić information content (AvgIpc) is 2.20. The molecule has 1 aliphatic heterocycles. The highest BCUT2D eigenvalue weighted by atomic mass is 14.9. The standard InChI is InChI=1S/C10H15N.C3H8/c1-3-6-9-7-5-8-11-10(9)4-2;1-3-2/h3-4,6,11H,2,5,7-8H2,1H3;3H2,1-2H3/b6-3-;. The van der Waals surface area contributed by atoms with Crippen LogP contribution in [0.5, 0.6) is 0 Å². The van der Waals surface area contributed by atoms with E-state index in [1.165, 1.54) is 30.5 Å². The van der Waals surface area contributed by atoms with Gasteiger partial charge in [0.2, 0.25) is 0 Å². The van der Waals surface area contributed by atoms with Crippen LogP contribution in [0.2, 0.25) is 0 Å². The first kappa shape index (κ1) is 13.0. The van der Waals surface area contributed by atoms with Gasteiger partial charge in [0.15, 0.2) is 0 Å². The van der Waals surface area contributed by atoms with Gasteiger partial charge >= 0.3 is 0 Å². The monoisotopic (exact) mass is 193 g/mol. The maximum atomic E-state index is 3.76. The molecule has 1 N–H and O–H groups in total. The Morgan fingerprint density at radius 3 is 2.57 bits per heavy atom. The third-order valence-corrected chi connectivity index (χ3v) is 1.86. The molecule has 0 aromatic heterocycles. The van der Waals surface area contributed by atoms with E-state index in [-0.39, 0.29) is 0 Å². The van der Waals surface area contributed by atoms with Gasteiger partial charge in [-0.25, -0.2) is 0 Å². The zero-order valence-electron chi connectivity index (χ0n) is 9.77. The van der Waals surface area contributed by atoms with Gasteiger partial charge in [0.1, 0.15) is 0 Å². The van der Waals surface area contributed by atoms with E-state index < -0.39 is 0 Å². The molecule has 1 rings (SSSR count). The Morgan fingerprint density at radius 2 is 2.07 bits per heavy atom. The number of allylic oxidation sites excluding steroid dienone is 4. The van der Waals surface area contributed by atoms with E-state index >= 15 is 0 Å². The van der Waals surface area contributed by atoms with Gasteiger partial charge < -0.3 is 5.32 Å². The lowest BCUT2D eigenvalue weighted by atomic mass is 10.0. The number of hydrogen-bond acceptors (Lipinski definition) is 1. The molecule has 0 bridgehead atoms. The van der Waals surface area contributed by atoms with Crippen LogP contribution in [0.1, 0.15) is 40.0 Å². The van der Waals surface area contributed by atoms with E-state index in [9.17, 15) is 0 Å². The summed E-state index contributed by atoms with van der Waals surface area (Å²) in [5.74, 6) is 0. The van der Waals surface area contributed by atoms with Crippen molar-refractivity contribution >= 4 is 0 Å². The maximum Gasteiger partial charge on any atom is 0.0366 e. The van der Waals surface area contributed by atoms with Crippen LogP contribution in [-0.2, 0) is 0 Å². The second-order valence-electron chi connectivity index (χ2n) is 3.38. The molecule has 0 aromatic carbocycles. The lowest BCUT2D eigenvalue weighted by molar-refractivity contribution is 0.685. The van der Waals surface area contributed by atoms with Crippen molar-refractivity contribution in [3.63, 3.8) is 0 Å². The van der Waals surface area contributed by atoms with Gasteiger partial charge in [0.05, 0.1) is 0 Å². The van der Waals surface area contributed by atoms with Gasteiger partial charge in [-0.15, -0.1) is 0 Å². The van der Waals surface area contributed by atoms with Gasteiger partial charge in [-0.1, -0.05) is 39.0 Å². The molecular weight excluding hydrogens is 170 g/mol. The predicted octanol–water partition coefficient (Wildman–Crippen LogP) is 3.80. The summed E-state index contributed by atoms with van der Waals surface area (Å²) in [4.78, 5) is 0. The Morgan fingerprint density at radius 1 is 1.43 bits per heavy atom. The molecule has 0 atom stereocenters. The SMILES string of the molecule is C=CC1=C(/C=C\C)CCCN1.CCC. The fourth-order valence-electron chi connectivity index (χ4n) is 1.33. The van der Waals surface area contributed by atoms with Crippen molar-refractivity contribution < 1.29 is 0 Å². The van der Waals surface area contributed by atoms with E-state index in [2.05, 4.69) is 37.9 Å². The van der Waals surface area contributed by atoms with Gasteiger partial charge in [-0.3, -0.25) is 0 Å². The first-order chi connectivity index (χ1) is 6.79. The molecule has 0 amide bonds. The third kappa shape index (κ3) is 4.90. The smallest absolute Gasteiger partial charge is 0.0366 e. The molecule has 0 aromatic rings. The second-order valence-corrected chi connectivity index (χ2v) is 3.38. The van der Waals surface area contributed by atoms with Crippen LogP contribution in [0.4, 0.5) is 0 Å². The van der Waals surface area contributed by atoms with Crippen molar-refractivity contribution in [2.75, 3.05) is 6.54 Å². The van der Waals surface area contributed by atoms with E-state index in [1.807, 2.05) is 13.0 Å². The minimum atomic E-state index is 1.09. The first-order valence-corrected chi connectivity index (χ1v) is 5.52. The molecule has 0 spiro atoms. The van der Waals surface area contributed by atoms with E-state index in [0.29, 0.717) is 0 Å². The zero-order valence-corrected chi connectivity index (χ0v) is 9.77. The summed E-state index contributed by atoms with van der Waals surface area (Å²) in [5.41, 5.74) is 2.59. The lowest BCUT2D eigenvalue weighted by Crippen LogP contribution is -2.19. The Kier molecular flexibility index (Phi) is 8.01. The molecule has 14 heavy (non-hydrogen) atoms. The van der Waals surface area contributed by atoms with Crippen molar-refractivity contribution in [3.8, 4) is 0 Å². The zero-order chi connectivity index (χ0) is 10.8. The Bertz CT molecular complexity index is 211. The van der Waals surface area contributed by atoms with Gasteiger partial charge in [0.25, 0.3) is 0 Å². The topological polar surface area (TPSA) is 12.0 Å². The molecule has 80 valence electrons. The largest absolute Gasteiger partial charge is 0.385 e. The highest BCUT2D eigenvalue weighted by molar-refractivity contribution is 5.32. The van der Waals surface area contributed by atoms with E-state index in [4.69, 9.17) is 0 Å². The van der Waals surface area contributed by atoms with Crippen molar-refractivity contribution in [1.82, 2.24) is 5.32 Å². The number of hydrogen-bond donors (Lipinski definition) is 1. The quantitative estimate of drug-likeness (QED) is 0.703. The molecule has 0 radical (unpaired) electrons. The van der Waals surface area contributed by atoms with Crippen LogP contribution in [0.15, 0.2) is 36.1 Å². The first-order valence-electron chi connectivity index (χ1n) is 5.52. The van der Waals surface area contributed by atoms with E-state index in [1.54, 1.807) is 0 Å². The molecule has 1 heteroatoms. The summed E-state index contributed by atoms with van der Waals surface area (Å²) in [6, 6.07) is 0. The molecule has 0 fully saturated rings. The van der Waals surface area contributed by atoms with Crippen LogP contribution in [0.3, 0.4) is 0 Å². The second kappa shape index (κ2) is 8.61. The summed E-state index contributed by atoms with van der Waals surface area (Å²) < 4.78 is 0. The van der Waals surface area contributed by atoms with Crippen LogP contribution >= 0.6 is 0 Å². The van der Waals surface area contributed by atoms with Crippen molar-refractivity contribution in [2.45, 2.75) is 40.0 Å². The number of nitrogens with one attached hydrogen (secondary N) is 1. The molecular formula is C13H23N. The minimum absolute atomic E-state index is 1.09. The summed E-state index contributed by atoms with van der Waals surface area (Å²) >= 11 is 0. The lowest BCUT2D eigenvalue weighted by Gasteiger charge is -2.17. The fourth-order valence-corrected chi connectivity index (χ4v) is 1.33. The van der Waals surface area contributed by atoms with Crippen molar-refractivity contribution in [2.24, 2.45) is 0 Å². The molecule has 0 unspecified atom stereocenters. The molecule has 1 heterocycles. The van der Waals surface area contributed by atoms with Gasteiger partial charge in [-0.2, -0.15) is 0 Å². The summed E-state index contributed by atoms with van der Waals surface area (Å²) in [7, 11) is 0. The van der Waals surface area contributed by atoms with Crippen molar-refractivity contribution in [1.29, 1.82) is 0 Å². The Balaban J connectivity index is 0.000000500.